The zero-order valence-corrected chi connectivity index (χ0v) is 12.4. The monoisotopic (exact) mass is 305 g/mol. The molecule has 1 saturated heterocycles. The lowest BCUT2D eigenvalue weighted by molar-refractivity contribution is -0.134. The van der Waals surface area contributed by atoms with Gasteiger partial charge in [-0.1, -0.05) is 12.1 Å². The Morgan fingerprint density at radius 1 is 1.36 bits per heavy atom. The Labute approximate surface area is 128 Å². The highest BCUT2D eigenvalue weighted by Crippen LogP contribution is 2.31. The number of rotatable bonds is 4. The predicted molar refractivity (Wildman–Crippen MR) is 78.9 cm³/mol. The number of hydrogen-bond donors (Lipinski definition) is 2. The molecule has 0 unspecified atom stereocenters. The van der Waals surface area contributed by atoms with Gasteiger partial charge in [0.05, 0.1) is 6.54 Å². The van der Waals surface area contributed by atoms with Crippen LogP contribution in [0.4, 0.5) is 4.79 Å². The van der Waals surface area contributed by atoms with Crippen molar-refractivity contribution in [3.63, 3.8) is 0 Å². The molecular formula is C15H19N3O4. The molecule has 0 bridgehead atoms. The van der Waals surface area contributed by atoms with Gasteiger partial charge in [-0.05, 0) is 19.1 Å². The lowest BCUT2D eigenvalue weighted by Crippen LogP contribution is -2.50. The van der Waals surface area contributed by atoms with E-state index in [1.807, 2.05) is 31.2 Å². The summed E-state index contributed by atoms with van der Waals surface area (Å²) in [6.07, 6.45) is -0.219. The second kappa shape index (κ2) is 6.13. The van der Waals surface area contributed by atoms with Gasteiger partial charge >= 0.3 is 6.03 Å². The smallest absolute Gasteiger partial charge is 0.315 e. The number of carbonyl (C=O) groups excluding carboxylic acids is 2. The van der Waals surface area contributed by atoms with Crippen LogP contribution in [0.5, 0.6) is 11.5 Å². The van der Waals surface area contributed by atoms with E-state index in [4.69, 9.17) is 9.47 Å². The zero-order valence-electron chi connectivity index (χ0n) is 12.4. The van der Waals surface area contributed by atoms with Crippen LogP contribution >= 0.6 is 0 Å². The molecule has 2 N–H and O–H groups in total. The molecule has 0 spiro atoms. The highest BCUT2D eigenvalue weighted by atomic mass is 16.6. The number of para-hydroxylation sites is 2. The average Bonchev–Trinajstić information content (AvgIpc) is 2.98. The van der Waals surface area contributed by atoms with Crippen molar-refractivity contribution < 1.29 is 19.1 Å². The quantitative estimate of drug-likeness (QED) is 0.841. The summed E-state index contributed by atoms with van der Waals surface area (Å²) in [7, 11) is 0. The summed E-state index contributed by atoms with van der Waals surface area (Å²) < 4.78 is 11.5. The number of hydrogen-bond acceptors (Lipinski definition) is 4. The number of carbonyl (C=O) groups is 2. The Bertz CT molecular complexity index is 578. The van der Waals surface area contributed by atoms with Gasteiger partial charge in [0.25, 0.3) is 0 Å². The fourth-order valence-corrected chi connectivity index (χ4v) is 2.60. The molecule has 7 nitrogen and oxygen atoms in total. The molecule has 1 fully saturated rings. The molecule has 3 rings (SSSR count). The third-order valence-electron chi connectivity index (χ3n) is 3.76. The molecular weight excluding hydrogens is 286 g/mol. The summed E-state index contributed by atoms with van der Waals surface area (Å²) in [5.74, 6) is 1.31. The number of fused-ring (bicyclic) bond motifs is 1. The standard InChI is InChI=1S/C15H19N3O4/c1-2-18(14(19)11-7-16-15(20)17-11)8-10-9-21-12-5-3-4-6-13(12)22-10/h3-6,10-11H,2,7-9H2,1H3,(H2,16,17,20)/t10-,11-/m0/s1. The average molecular weight is 305 g/mol. The molecule has 118 valence electrons. The SMILES string of the molecule is CCN(C[C@H]1COc2ccccc2O1)C(=O)[C@@H]1CNC(=O)N1. The minimum Gasteiger partial charge on any atom is -0.486 e. The Hall–Kier alpha value is -2.44. The second-order valence-electron chi connectivity index (χ2n) is 5.28. The summed E-state index contributed by atoms with van der Waals surface area (Å²) in [6.45, 7) is 3.59. The molecule has 22 heavy (non-hydrogen) atoms. The van der Waals surface area contributed by atoms with Crippen LogP contribution < -0.4 is 20.1 Å². The summed E-state index contributed by atoms with van der Waals surface area (Å²) in [4.78, 5) is 25.3. The van der Waals surface area contributed by atoms with Crippen LogP contribution in [-0.2, 0) is 4.79 Å². The van der Waals surface area contributed by atoms with E-state index >= 15 is 0 Å². The van der Waals surface area contributed by atoms with Crippen molar-refractivity contribution in [1.29, 1.82) is 0 Å². The summed E-state index contributed by atoms with van der Waals surface area (Å²) in [5, 5.41) is 5.20. The minimum absolute atomic E-state index is 0.108. The van der Waals surface area contributed by atoms with Gasteiger partial charge in [-0.15, -0.1) is 0 Å². The van der Waals surface area contributed by atoms with Crippen LogP contribution in [0, 0.1) is 0 Å². The molecule has 0 aromatic heterocycles. The first-order chi connectivity index (χ1) is 10.7. The minimum atomic E-state index is -0.510. The number of urea groups is 1. The molecule has 2 aliphatic rings. The molecule has 2 aliphatic heterocycles. The molecule has 1 aromatic rings. The number of nitrogens with one attached hydrogen (secondary N) is 2. The molecule has 7 heteroatoms. The van der Waals surface area contributed by atoms with E-state index in [9.17, 15) is 9.59 Å². The van der Waals surface area contributed by atoms with E-state index in [1.165, 1.54) is 0 Å². The first-order valence-electron chi connectivity index (χ1n) is 7.39. The zero-order chi connectivity index (χ0) is 15.5. The van der Waals surface area contributed by atoms with Gasteiger partial charge in [-0.2, -0.15) is 0 Å². The van der Waals surface area contributed by atoms with Gasteiger partial charge < -0.3 is 25.0 Å². The lowest BCUT2D eigenvalue weighted by Gasteiger charge is -2.31. The molecule has 2 heterocycles. The van der Waals surface area contributed by atoms with Crippen molar-refractivity contribution in [2.24, 2.45) is 0 Å². The van der Waals surface area contributed by atoms with Crippen LogP contribution in [0.1, 0.15) is 6.92 Å². The number of ether oxygens (including phenoxy) is 2. The first-order valence-corrected chi connectivity index (χ1v) is 7.39. The van der Waals surface area contributed by atoms with E-state index in [1.54, 1.807) is 4.90 Å². The van der Waals surface area contributed by atoms with Crippen molar-refractivity contribution in [3.05, 3.63) is 24.3 Å². The number of benzene rings is 1. The van der Waals surface area contributed by atoms with Crippen molar-refractivity contribution in [1.82, 2.24) is 15.5 Å². The third-order valence-corrected chi connectivity index (χ3v) is 3.76. The molecule has 0 saturated carbocycles. The molecule has 1 aromatic carbocycles. The maximum absolute atomic E-state index is 12.4. The van der Waals surface area contributed by atoms with E-state index in [0.717, 1.165) is 5.75 Å². The van der Waals surface area contributed by atoms with Crippen molar-refractivity contribution in [2.75, 3.05) is 26.2 Å². The van der Waals surface area contributed by atoms with Gasteiger partial charge in [-0.25, -0.2) is 4.79 Å². The predicted octanol–water partition coefficient (Wildman–Crippen LogP) is 0.356. The van der Waals surface area contributed by atoms with Gasteiger partial charge in [0.1, 0.15) is 12.6 Å². The summed E-state index contributed by atoms with van der Waals surface area (Å²) >= 11 is 0. The van der Waals surface area contributed by atoms with Crippen LogP contribution in [0.25, 0.3) is 0 Å². The maximum atomic E-state index is 12.4. The Balaban J connectivity index is 1.61. The number of likely N-dealkylation sites (N-methyl/N-ethyl adjacent to an activating group) is 1. The van der Waals surface area contributed by atoms with Crippen LogP contribution in [0.2, 0.25) is 0 Å². The van der Waals surface area contributed by atoms with E-state index in [-0.39, 0.29) is 18.0 Å². The first kappa shape index (κ1) is 14.5. The molecule has 0 aliphatic carbocycles. The van der Waals surface area contributed by atoms with E-state index < -0.39 is 6.04 Å². The van der Waals surface area contributed by atoms with Gasteiger partial charge in [0.15, 0.2) is 17.6 Å². The van der Waals surface area contributed by atoms with Crippen molar-refractivity contribution >= 4 is 11.9 Å². The summed E-state index contributed by atoms with van der Waals surface area (Å²) in [6, 6.07) is 6.66. The Kier molecular flexibility index (Phi) is 4.04. The van der Waals surface area contributed by atoms with E-state index in [0.29, 0.717) is 32.0 Å². The number of amides is 3. The van der Waals surface area contributed by atoms with Crippen LogP contribution in [0.3, 0.4) is 0 Å². The van der Waals surface area contributed by atoms with Crippen LogP contribution in [-0.4, -0.2) is 55.2 Å². The molecule has 2 atom stereocenters. The van der Waals surface area contributed by atoms with Gasteiger partial charge in [0, 0.05) is 13.1 Å². The fourth-order valence-electron chi connectivity index (χ4n) is 2.60. The van der Waals surface area contributed by atoms with Gasteiger partial charge in [0.2, 0.25) is 5.91 Å². The lowest BCUT2D eigenvalue weighted by atomic mass is 10.2. The Morgan fingerprint density at radius 2 is 2.14 bits per heavy atom. The highest BCUT2D eigenvalue weighted by Gasteiger charge is 2.32. The third kappa shape index (κ3) is 2.93. The van der Waals surface area contributed by atoms with Gasteiger partial charge in [-0.3, -0.25) is 4.79 Å². The highest BCUT2D eigenvalue weighted by molar-refractivity contribution is 5.90. The fraction of sp³-hybridized carbons (Fsp3) is 0.467. The largest absolute Gasteiger partial charge is 0.486 e. The van der Waals surface area contributed by atoms with Crippen LogP contribution in [0.15, 0.2) is 24.3 Å². The maximum Gasteiger partial charge on any atom is 0.315 e. The van der Waals surface area contributed by atoms with E-state index in [2.05, 4.69) is 10.6 Å². The van der Waals surface area contributed by atoms with Crippen molar-refractivity contribution in [2.45, 2.75) is 19.1 Å². The molecule has 3 amide bonds. The summed E-state index contributed by atoms with van der Waals surface area (Å²) in [5.41, 5.74) is 0. The topological polar surface area (TPSA) is 79.9 Å². The molecule has 0 radical (unpaired) electrons. The Morgan fingerprint density at radius 3 is 2.82 bits per heavy atom. The number of nitrogens with zero attached hydrogens (tertiary/aromatic N) is 1. The van der Waals surface area contributed by atoms with Crippen molar-refractivity contribution in [3.8, 4) is 11.5 Å². The second-order valence-corrected chi connectivity index (χ2v) is 5.28. The normalized spacial score (nSPS) is 22.7.